The Morgan fingerprint density at radius 1 is 0.913 bits per heavy atom. The van der Waals surface area contributed by atoms with Gasteiger partial charge in [-0.3, -0.25) is 19.2 Å². The van der Waals surface area contributed by atoms with E-state index in [9.17, 15) is 19.2 Å². The highest BCUT2D eigenvalue weighted by atomic mass is 16.5. The Morgan fingerprint density at radius 2 is 1.70 bits per heavy atom. The van der Waals surface area contributed by atoms with Gasteiger partial charge in [0.05, 0.1) is 19.8 Å². The highest BCUT2D eigenvalue weighted by Crippen LogP contribution is 2.37. The maximum absolute atomic E-state index is 13.6. The van der Waals surface area contributed by atoms with Crippen LogP contribution in [-0.2, 0) is 35.6 Å². The van der Waals surface area contributed by atoms with Gasteiger partial charge in [-0.15, -0.1) is 0 Å². The van der Waals surface area contributed by atoms with Crippen LogP contribution in [0.4, 0.5) is 11.5 Å². The summed E-state index contributed by atoms with van der Waals surface area (Å²) >= 11 is 0. The van der Waals surface area contributed by atoms with E-state index in [-0.39, 0.29) is 30.3 Å². The van der Waals surface area contributed by atoms with Gasteiger partial charge in [-0.2, -0.15) is 0 Å². The van der Waals surface area contributed by atoms with E-state index in [0.29, 0.717) is 47.0 Å². The maximum atomic E-state index is 13.6. The number of rotatable bonds is 10. The van der Waals surface area contributed by atoms with Gasteiger partial charge in [0.15, 0.2) is 11.5 Å². The molecule has 234 valence electrons. The molecule has 1 unspecified atom stereocenters. The predicted molar refractivity (Wildman–Crippen MR) is 170 cm³/mol. The van der Waals surface area contributed by atoms with E-state index in [1.165, 1.54) is 17.8 Å². The lowest BCUT2D eigenvalue weighted by Crippen LogP contribution is -2.30. The highest BCUT2D eigenvalue weighted by Gasteiger charge is 2.32. The fraction of sp³-hybridized carbons (Fsp3) is 0.229. The lowest BCUT2D eigenvalue weighted by Gasteiger charge is -2.21. The normalized spacial score (nSPS) is 14.1. The Hall–Kier alpha value is -5.71. The van der Waals surface area contributed by atoms with Crippen LogP contribution in [0, 0.1) is 0 Å². The van der Waals surface area contributed by atoms with E-state index in [4.69, 9.17) is 15.2 Å². The summed E-state index contributed by atoms with van der Waals surface area (Å²) in [5, 5.41) is 2.29. The number of methoxy groups -OCH3 is 1. The molecule has 2 aliphatic heterocycles. The molecule has 4 amide bonds. The molecule has 3 N–H and O–H groups in total. The molecular weight excluding hydrogens is 586 g/mol. The van der Waals surface area contributed by atoms with Crippen molar-refractivity contribution in [2.75, 3.05) is 17.3 Å². The first kappa shape index (κ1) is 30.3. The van der Waals surface area contributed by atoms with Gasteiger partial charge < -0.3 is 30.3 Å². The van der Waals surface area contributed by atoms with Gasteiger partial charge in [0.25, 0.3) is 11.8 Å². The molecule has 2 aliphatic rings. The molecule has 11 heteroatoms. The van der Waals surface area contributed by atoms with E-state index in [2.05, 4.69) is 22.4 Å². The minimum absolute atomic E-state index is 0.0645. The molecule has 3 aromatic carbocycles. The summed E-state index contributed by atoms with van der Waals surface area (Å²) in [5.74, 6) is -1.32. The Kier molecular flexibility index (Phi) is 8.39. The average Bonchev–Trinajstić information content (AvgIpc) is 3.55. The number of hydrogen-bond acceptors (Lipinski definition) is 7. The second-order valence-electron chi connectivity index (χ2n) is 11.4. The van der Waals surface area contributed by atoms with Crippen LogP contribution < -0.4 is 25.4 Å². The van der Waals surface area contributed by atoms with E-state index >= 15 is 0 Å². The second kappa shape index (κ2) is 12.7. The maximum Gasteiger partial charge on any atom is 0.314 e. The third kappa shape index (κ3) is 6.25. The Morgan fingerprint density at radius 3 is 2.46 bits per heavy atom. The number of fused-ring (bicyclic) bond motifs is 2. The number of nitrogens with zero attached hydrogens (tertiary/aromatic N) is 3. The molecule has 0 radical (unpaired) electrons. The SMILES string of the molecule is COc1ccc(N2Cc3ccc(CN4Cc5cnc(NC(=O)C(N)=O)cc5C4=O)cc3C2=O)cc1OC(C)CCc1ccccc1. The molecule has 0 saturated carbocycles. The van der Waals surface area contributed by atoms with E-state index in [1.807, 2.05) is 61.5 Å². The first-order chi connectivity index (χ1) is 22.2. The highest BCUT2D eigenvalue weighted by molar-refractivity contribution is 6.39. The van der Waals surface area contributed by atoms with Gasteiger partial charge >= 0.3 is 11.8 Å². The average molecular weight is 620 g/mol. The number of benzene rings is 3. The van der Waals surface area contributed by atoms with E-state index < -0.39 is 11.8 Å². The number of nitrogens with two attached hydrogens (primary N) is 1. The standard InChI is InChI=1S/C35H33N5O6/c1-21(8-9-22-6-4-3-5-7-22)46-30-15-26(12-13-29(30)45-2)40-20-24-11-10-23(14-27(24)35(40)44)18-39-19-25-17-37-31(16-28(25)34(39)43)38-33(42)32(36)41/h3-7,10-17,21H,8-9,18-20H2,1-2H3,(H2,36,41)(H,37,38,42). The van der Waals surface area contributed by atoms with E-state index in [0.717, 1.165) is 24.0 Å². The van der Waals surface area contributed by atoms with Crippen molar-refractivity contribution >= 4 is 35.1 Å². The third-order valence-corrected chi connectivity index (χ3v) is 8.15. The van der Waals surface area contributed by atoms with Crippen molar-refractivity contribution in [2.45, 2.75) is 45.5 Å². The predicted octanol–water partition coefficient (Wildman–Crippen LogP) is 4.23. The molecule has 11 nitrogen and oxygen atoms in total. The quantitative estimate of drug-likeness (QED) is 0.253. The van der Waals surface area contributed by atoms with Crippen molar-refractivity contribution in [3.63, 3.8) is 0 Å². The zero-order chi connectivity index (χ0) is 32.4. The summed E-state index contributed by atoms with van der Waals surface area (Å²) in [4.78, 5) is 57.0. The van der Waals surface area contributed by atoms with Crippen LogP contribution in [0.3, 0.4) is 0 Å². The summed E-state index contributed by atoms with van der Waals surface area (Å²) in [5.41, 5.74) is 10.3. The lowest BCUT2D eigenvalue weighted by molar-refractivity contribution is -0.134. The van der Waals surface area contributed by atoms with Crippen LogP contribution in [0.1, 0.15) is 56.3 Å². The fourth-order valence-electron chi connectivity index (χ4n) is 5.72. The molecule has 0 aliphatic carbocycles. The molecule has 1 aromatic heterocycles. The molecular formula is C35H33N5O6. The van der Waals surface area contributed by atoms with Crippen molar-refractivity contribution in [2.24, 2.45) is 5.73 Å². The number of aryl methyl sites for hydroxylation is 1. The molecule has 6 rings (SSSR count). The molecule has 0 bridgehead atoms. The van der Waals surface area contributed by atoms with Crippen molar-refractivity contribution in [3.05, 3.63) is 112 Å². The topological polar surface area (TPSA) is 144 Å². The van der Waals surface area contributed by atoms with Crippen LogP contribution in [-0.4, -0.2) is 46.7 Å². The van der Waals surface area contributed by atoms with Crippen molar-refractivity contribution in [3.8, 4) is 11.5 Å². The molecule has 0 fully saturated rings. The van der Waals surface area contributed by atoms with Gasteiger partial charge in [-0.1, -0.05) is 42.5 Å². The van der Waals surface area contributed by atoms with Crippen LogP contribution >= 0.6 is 0 Å². The number of pyridine rings is 1. The molecule has 4 aromatic rings. The fourth-order valence-corrected chi connectivity index (χ4v) is 5.72. The minimum atomic E-state index is -1.15. The zero-order valence-corrected chi connectivity index (χ0v) is 25.5. The number of carbonyl (C=O) groups is 4. The number of anilines is 2. The largest absolute Gasteiger partial charge is 0.493 e. The number of primary amides is 1. The Bertz CT molecular complexity index is 1840. The van der Waals surface area contributed by atoms with Crippen molar-refractivity contribution < 1.29 is 28.7 Å². The summed E-state index contributed by atoms with van der Waals surface area (Å²) in [6.45, 7) is 3.02. The summed E-state index contributed by atoms with van der Waals surface area (Å²) in [6.07, 6.45) is 3.12. The molecule has 0 saturated heterocycles. The summed E-state index contributed by atoms with van der Waals surface area (Å²) in [7, 11) is 1.59. The van der Waals surface area contributed by atoms with Gasteiger partial charge in [0, 0.05) is 47.7 Å². The minimum Gasteiger partial charge on any atom is -0.493 e. The van der Waals surface area contributed by atoms with Gasteiger partial charge in [-0.25, -0.2) is 4.98 Å². The van der Waals surface area contributed by atoms with Gasteiger partial charge in [-0.05, 0) is 60.7 Å². The number of aromatic nitrogens is 1. The van der Waals surface area contributed by atoms with Crippen molar-refractivity contribution in [1.82, 2.24) is 9.88 Å². The summed E-state index contributed by atoms with van der Waals surface area (Å²) in [6, 6.07) is 22.9. The molecule has 3 heterocycles. The van der Waals surface area contributed by atoms with Crippen molar-refractivity contribution in [1.29, 1.82) is 0 Å². The first-order valence-electron chi connectivity index (χ1n) is 14.9. The second-order valence-corrected chi connectivity index (χ2v) is 11.4. The van der Waals surface area contributed by atoms with Gasteiger partial charge in [0.1, 0.15) is 5.82 Å². The van der Waals surface area contributed by atoms with Gasteiger partial charge in [0.2, 0.25) is 0 Å². The molecule has 46 heavy (non-hydrogen) atoms. The van der Waals surface area contributed by atoms with Crippen LogP contribution in [0.5, 0.6) is 11.5 Å². The Labute approximate surface area is 265 Å². The van der Waals surface area contributed by atoms with Crippen LogP contribution in [0.15, 0.2) is 79.0 Å². The zero-order valence-electron chi connectivity index (χ0n) is 25.5. The first-order valence-corrected chi connectivity index (χ1v) is 14.9. The number of nitrogens with one attached hydrogen (secondary N) is 1. The Balaban J connectivity index is 1.13. The monoisotopic (exact) mass is 619 g/mol. The number of hydrogen-bond donors (Lipinski definition) is 2. The molecule has 0 spiro atoms. The number of amides is 4. The number of carbonyl (C=O) groups excluding carboxylic acids is 4. The van der Waals surface area contributed by atoms with E-state index in [1.54, 1.807) is 16.9 Å². The molecule has 1 atom stereocenters. The smallest absolute Gasteiger partial charge is 0.314 e. The lowest BCUT2D eigenvalue weighted by atomic mass is 10.1. The summed E-state index contributed by atoms with van der Waals surface area (Å²) < 4.78 is 11.8. The number of ether oxygens (including phenoxy) is 2. The van der Waals surface area contributed by atoms with Crippen LogP contribution in [0.25, 0.3) is 0 Å². The third-order valence-electron chi connectivity index (χ3n) is 8.15. The van der Waals surface area contributed by atoms with Crippen LogP contribution in [0.2, 0.25) is 0 Å².